The van der Waals surface area contributed by atoms with E-state index in [1.165, 1.54) is 18.2 Å². The van der Waals surface area contributed by atoms with E-state index in [0.717, 1.165) is 18.8 Å². The van der Waals surface area contributed by atoms with Crippen molar-refractivity contribution >= 4 is 17.4 Å². The molecule has 1 aromatic carbocycles. The first-order valence-electron chi connectivity index (χ1n) is 6.61. The molecule has 0 radical (unpaired) electrons. The van der Waals surface area contributed by atoms with E-state index in [1.54, 1.807) is 6.07 Å². The molecule has 0 saturated carbocycles. The minimum Gasteiger partial charge on any atom is -0.437 e. The molecule has 98 valence electrons. The minimum absolute atomic E-state index is 0.0374. The Morgan fingerprint density at radius 2 is 2.05 bits per heavy atom. The molecule has 1 aliphatic heterocycles. The molecular weight excluding hydrogens is 238 g/mol. The van der Waals surface area contributed by atoms with Gasteiger partial charge in [0, 0.05) is 25.2 Å². The van der Waals surface area contributed by atoms with Crippen LogP contribution < -0.4 is 4.90 Å². The summed E-state index contributed by atoms with van der Waals surface area (Å²) >= 11 is 0. The fraction of sp³-hybridized carbons (Fsp3) is 0.312. The van der Waals surface area contributed by atoms with Crippen molar-refractivity contribution < 1.29 is 9.21 Å². The maximum absolute atomic E-state index is 11.3. The Kier molecular flexibility index (Phi) is 2.90. The summed E-state index contributed by atoms with van der Waals surface area (Å²) in [5.74, 6) is 1.71. The Hall–Kier alpha value is -2.03. The van der Waals surface area contributed by atoms with E-state index in [-0.39, 0.29) is 5.78 Å². The topological polar surface area (TPSA) is 33.5 Å². The summed E-state index contributed by atoms with van der Waals surface area (Å²) in [6.07, 6.45) is 1.09. The predicted octanol–water partition coefficient (Wildman–Crippen LogP) is 3.81. The highest BCUT2D eigenvalue weighted by Gasteiger charge is 2.24. The van der Waals surface area contributed by atoms with Crippen LogP contribution in [-0.2, 0) is 6.42 Å². The van der Waals surface area contributed by atoms with Crippen LogP contribution in [0.1, 0.15) is 30.0 Å². The lowest BCUT2D eigenvalue weighted by molar-refractivity contribution is 0.0988. The highest BCUT2D eigenvalue weighted by atomic mass is 16.4. The van der Waals surface area contributed by atoms with Crippen molar-refractivity contribution in [1.82, 2.24) is 0 Å². The molecule has 3 nitrogen and oxygen atoms in total. The number of furan rings is 1. The Labute approximate surface area is 112 Å². The first kappa shape index (κ1) is 12.0. The van der Waals surface area contributed by atoms with Crippen LogP contribution in [0.3, 0.4) is 0 Å². The smallest absolute Gasteiger partial charge is 0.200 e. The lowest BCUT2D eigenvalue weighted by atomic mass is 9.94. The second-order valence-corrected chi connectivity index (χ2v) is 5.24. The van der Waals surface area contributed by atoms with Crippen molar-refractivity contribution in [2.75, 3.05) is 11.4 Å². The number of rotatable bonds is 2. The quantitative estimate of drug-likeness (QED) is 0.765. The van der Waals surface area contributed by atoms with Crippen molar-refractivity contribution in [3.05, 3.63) is 47.7 Å². The highest BCUT2D eigenvalue weighted by molar-refractivity contribution is 5.91. The van der Waals surface area contributed by atoms with Crippen LogP contribution in [0.5, 0.6) is 0 Å². The van der Waals surface area contributed by atoms with Gasteiger partial charge in [-0.05, 0) is 30.0 Å². The standard InChI is InChI=1S/C16H17NO2/c1-11-9-13-5-3-4-6-14(13)17(10-11)16-8-7-15(19-16)12(2)18/h3-8,11H,9-10H2,1-2H3. The molecule has 19 heavy (non-hydrogen) atoms. The average molecular weight is 255 g/mol. The molecular formula is C16H17NO2. The van der Waals surface area contributed by atoms with Gasteiger partial charge in [0.2, 0.25) is 5.88 Å². The molecule has 1 aromatic heterocycles. The largest absolute Gasteiger partial charge is 0.437 e. The summed E-state index contributed by atoms with van der Waals surface area (Å²) < 4.78 is 5.67. The maximum atomic E-state index is 11.3. The molecule has 1 atom stereocenters. The van der Waals surface area contributed by atoms with Gasteiger partial charge >= 0.3 is 0 Å². The SMILES string of the molecule is CC(=O)c1ccc(N2CC(C)Cc3ccccc32)o1. The molecule has 0 fully saturated rings. The molecule has 2 aromatic rings. The molecule has 3 heteroatoms. The molecule has 0 saturated heterocycles. The fourth-order valence-corrected chi connectivity index (χ4v) is 2.67. The monoisotopic (exact) mass is 255 g/mol. The van der Waals surface area contributed by atoms with Crippen molar-refractivity contribution in [2.24, 2.45) is 5.92 Å². The van der Waals surface area contributed by atoms with E-state index >= 15 is 0 Å². The lowest BCUT2D eigenvalue weighted by Crippen LogP contribution is -2.30. The Bertz CT molecular complexity index is 615. The number of nitrogens with zero attached hydrogens (tertiary/aromatic N) is 1. The predicted molar refractivity (Wildman–Crippen MR) is 75.0 cm³/mol. The van der Waals surface area contributed by atoms with Crippen LogP contribution in [0, 0.1) is 5.92 Å². The number of carbonyl (C=O) groups excluding carboxylic acids is 1. The second kappa shape index (κ2) is 4.57. The van der Waals surface area contributed by atoms with Crippen LogP contribution in [0.15, 0.2) is 40.8 Å². The zero-order chi connectivity index (χ0) is 13.4. The first-order chi connectivity index (χ1) is 9.15. The Morgan fingerprint density at radius 1 is 1.26 bits per heavy atom. The van der Waals surface area contributed by atoms with Gasteiger partial charge in [-0.25, -0.2) is 0 Å². The van der Waals surface area contributed by atoms with Crippen LogP contribution >= 0.6 is 0 Å². The van der Waals surface area contributed by atoms with Crippen molar-refractivity contribution in [3.63, 3.8) is 0 Å². The van der Waals surface area contributed by atoms with E-state index in [1.807, 2.05) is 12.1 Å². The van der Waals surface area contributed by atoms with Gasteiger partial charge in [0.15, 0.2) is 11.5 Å². The zero-order valence-corrected chi connectivity index (χ0v) is 11.2. The number of benzene rings is 1. The van der Waals surface area contributed by atoms with Crippen LogP contribution in [0.2, 0.25) is 0 Å². The molecule has 1 unspecified atom stereocenters. The van der Waals surface area contributed by atoms with Gasteiger partial charge in [-0.15, -0.1) is 0 Å². The molecule has 2 heterocycles. The average Bonchev–Trinajstić information content (AvgIpc) is 2.87. The number of hydrogen-bond acceptors (Lipinski definition) is 3. The normalized spacial score (nSPS) is 18.2. The highest BCUT2D eigenvalue weighted by Crippen LogP contribution is 2.35. The number of carbonyl (C=O) groups is 1. The van der Waals surface area contributed by atoms with Crippen LogP contribution in [-0.4, -0.2) is 12.3 Å². The van der Waals surface area contributed by atoms with Gasteiger partial charge in [0.1, 0.15) is 0 Å². The van der Waals surface area contributed by atoms with Crippen molar-refractivity contribution in [3.8, 4) is 0 Å². The van der Waals surface area contributed by atoms with Crippen molar-refractivity contribution in [1.29, 1.82) is 0 Å². The maximum Gasteiger partial charge on any atom is 0.200 e. The molecule has 3 rings (SSSR count). The minimum atomic E-state index is -0.0374. The van der Waals surface area contributed by atoms with Crippen LogP contribution in [0.4, 0.5) is 11.6 Å². The molecule has 0 N–H and O–H groups in total. The first-order valence-corrected chi connectivity index (χ1v) is 6.61. The third-order valence-corrected chi connectivity index (χ3v) is 3.55. The fourth-order valence-electron chi connectivity index (χ4n) is 2.67. The number of anilines is 2. The van der Waals surface area contributed by atoms with Gasteiger partial charge in [-0.1, -0.05) is 25.1 Å². The van der Waals surface area contributed by atoms with E-state index in [2.05, 4.69) is 30.0 Å². The summed E-state index contributed by atoms with van der Waals surface area (Å²) in [4.78, 5) is 13.5. The van der Waals surface area contributed by atoms with E-state index in [4.69, 9.17) is 4.42 Å². The number of para-hydroxylation sites is 1. The second-order valence-electron chi connectivity index (χ2n) is 5.24. The number of hydrogen-bond donors (Lipinski definition) is 0. The van der Waals surface area contributed by atoms with Crippen LogP contribution in [0.25, 0.3) is 0 Å². The van der Waals surface area contributed by atoms with Crippen molar-refractivity contribution in [2.45, 2.75) is 20.3 Å². The lowest BCUT2D eigenvalue weighted by Gasteiger charge is -2.32. The Morgan fingerprint density at radius 3 is 2.79 bits per heavy atom. The third kappa shape index (κ3) is 2.16. The van der Waals surface area contributed by atoms with Gasteiger partial charge in [0.05, 0.1) is 0 Å². The van der Waals surface area contributed by atoms with Gasteiger partial charge in [-0.2, -0.15) is 0 Å². The zero-order valence-electron chi connectivity index (χ0n) is 11.2. The number of fused-ring (bicyclic) bond motifs is 1. The van der Waals surface area contributed by atoms with E-state index < -0.39 is 0 Å². The molecule has 0 bridgehead atoms. The Balaban J connectivity index is 2.02. The molecule has 1 aliphatic rings. The van der Waals surface area contributed by atoms with Gasteiger partial charge < -0.3 is 9.32 Å². The molecule has 0 spiro atoms. The third-order valence-electron chi connectivity index (χ3n) is 3.55. The number of Topliss-reactive ketones (excluding diaryl/α,β-unsaturated/α-hetero) is 1. The van der Waals surface area contributed by atoms with Gasteiger partial charge in [-0.3, -0.25) is 4.79 Å². The summed E-state index contributed by atoms with van der Waals surface area (Å²) in [7, 11) is 0. The molecule has 0 aliphatic carbocycles. The number of ketones is 1. The summed E-state index contributed by atoms with van der Waals surface area (Å²) in [6.45, 7) is 4.68. The summed E-state index contributed by atoms with van der Waals surface area (Å²) in [5.41, 5.74) is 2.52. The molecule has 0 amide bonds. The summed E-state index contributed by atoms with van der Waals surface area (Å²) in [5, 5.41) is 0. The van der Waals surface area contributed by atoms with E-state index in [0.29, 0.717) is 11.7 Å². The summed E-state index contributed by atoms with van der Waals surface area (Å²) in [6, 6.07) is 12.0. The van der Waals surface area contributed by atoms with Gasteiger partial charge in [0.25, 0.3) is 0 Å². The van der Waals surface area contributed by atoms with E-state index in [9.17, 15) is 4.79 Å².